The van der Waals surface area contributed by atoms with Gasteiger partial charge in [-0.05, 0) is 17.7 Å². The van der Waals surface area contributed by atoms with Gasteiger partial charge in [0.2, 0.25) is 0 Å². The number of rotatable bonds is 4. The molecule has 1 aromatic rings. The van der Waals surface area contributed by atoms with E-state index in [1.165, 1.54) is 24.3 Å². The Morgan fingerprint density at radius 3 is 1.71 bits per heavy atom. The molecule has 0 bridgehead atoms. The zero-order valence-corrected chi connectivity index (χ0v) is 7.64. The van der Waals surface area contributed by atoms with E-state index in [1.54, 1.807) is 0 Å². The third-order valence-electron chi connectivity index (χ3n) is 2.29. The van der Waals surface area contributed by atoms with Crippen molar-refractivity contribution in [2.75, 3.05) is 25.8 Å². The second-order valence-corrected chi connectivity index (χ2v) is 3.30. The average Bonchev–Trinajstić information content (AvgIpc) is 2.24. The maximum Gasteiger partial charge on any atom is 0.104 e. The van der Waals surface area contributed by atoms with Crippen LogP contribution in [0.3, 0.4) is 0 Å². The summed E-state index contributed by atoms with van der Waals surface area (Å²) in [5, 5.41) is 0. The molecule has 1 nitrogen and oxygen atoms in total. The molecule has 0 unspecified atom stereocenters. The molecule has 0 spiro atoms. The normalized spacial score (nSPS) is 11.6. The molecule has 78 valence electrons. The van der Waals surface area contributed by atoms with Crippen LogP contribution in [0, 0.1) is 0 Å². The van der Waals surface area contributed by atoms with Crippen molar-refractivity contribution in [2.45, 2.75) is 5.41 Å². The van der Waals surface area contributed by atoms with Gasteiger partial charge in [-0.2, -0.15) is 0 Å². The molecule has 2 N–H and O–H groups in total. The van der Waals surface area contributed by atoms with E-state index in [1.807, 2.05) is 0 Å². The van der Waals surface area contributed by atoms with Crippen molar-refractivity contribution in [1.29, 1.82) is 0 Å². The zero-order chi connectivity index (χ0) is 10.6. The number of halogens is 3. The number of nitrogen functional groups attached to an aromatic ring is 1. The summed E-state index contributed by atoms with van der Waals surface area (Å²) >= 11 is 0. The number of benzene rings is 1. The molecule has 0 fully saturated rings. The molecule has 0 aliphatic carbocycles. The van der Waals surface area contributed by atoms with Crippen molar-refractivity contribution in [3.8, 4) is 0 Å². The monoisotopic (exact) mass is 203 g/mol. The third-order valence-corrected chi connectivity index (χ3v) is 2.29. The second kappa shape index (κ2) is 4.35. The Kier molecular flexibility index (Phi) is 3.38. The largest absolute Gasteiger partial charge is 0.399 e. The first kappa shape index (κ1) is 10.9. The Morgan fingerprint density at radius 1 is 0.929 bits per heavy atom. The van der Waals surface area contributed by atoms with Gasteiger partial charge in [-0.1, -0.05) is 12.1 Å². The van der Waals surface area contributed by atoms with E-state index in [-0.39, 0.29) is 0 Å². The van der Waals surface area contributed by atoms with Crippen molar-refractivity contribution in [3.05, 3.63) is 29.8 Å². The lowest BCUT2D eigenvalue weighted by atomic mass is 9.84. The number of alkyl halides is 3. The fourth-order valence-electron chi connectivity index (χ4n) is 1.18. The molecule has 0 saturated carbocycles. The predicted molar refractivity (Wildman–Crippen MR) is 50.5 cm³/mol. The van der Waals surface area contributed by atoms with Crippen LogP contribution in [0.25, 0.3) is 0 Å². The lowest BCUT2D eigenvalue weighted by Gasteiger charge is -2.24. The summed E-state index contributed by atoms with van der Waals surface area (Å²) in [4.78, 5) is 0. The SMILES string of the molecule is Nc1ccc(C(CF)(CF)CF)cc1. The fourth-order valence-corrected chi connectivity index (χ4v) is 1.18. The molecular formula is C10H12F3N. The van der Waals surface area contributed by atoms with Gasteiger partial charge in [-0.3, -0.25) is 0 Å². The molecule has 0 heterocycles. The molecule has 0 amide bonds. The summed E-state index contributed by atoms with van der Waals surface area (Å²) < 4.78 is 37.8. The summed E-state index contributed by atoms with van der Waals surface area (Å²) in [5.41, 5.74) is 4.56. The molecule has 1 rings (SSSR count). The van der Waals surface area contributed by atoms with E-state index in [9.17, 15) is 13.2 Å². The van der Waals surface area contributed by atoms with Gasteiger partial charge in [0.25, 0.3) is 0 Å². The van der Waals surface area contributed by atoms with Gasteiger partial charge in [-0.25, -0.2) is 13.2 Å². The Balaban J connectivity index is 3.05. The van der Waals surface area contributed by atoms with Crippen molar-refractivity contribution < 1.29 is 13.2 Å². The molecular weight excluding hydrogens is 191 g/mol. The van der Waals surface area contributed by atoms with Crippen LogP contribution >= 0.6 is 0 Å². The van der Waals surface area contributed by atoms with Crippen LogP contribution in [0.1, 0.15) is 5.56 Å². The van der Waals surface area contributed by atoms with Crippen LogP contribution < -0.4 is 5.73 Å². The lowest BCUT2D eigenvalue weighted by molar-refractivity contribution is 0.191. The van der Waals surface area contributed by atoms with Gasteiger partial charge in [0.05, 0.1) is 5.41 Å². The van der Waals surface area contributed by atoms with Gasteiger partial charge in [0.1, 0.15) is 20.0 Å². The smallest absolute Gasteiger partial charge is 0.104 e. The van der Waals surface area contributed by atoms with E-state index in [4.69, 9.17) is 5.73 Å². The summed E-state index contributed by atoms with van der Waals surface area (Å²) in [6.45, 7) is -3.16. The Morgan fingerprint density at radius 2 is 1.36 bits per heavy atom. The second-order valence-electron chi connectivity index (χ2n) is 3.30. The minimum atomic E-state index is -1.65. The van der Waals surface area contributed by atoms with Crippen molar-refractivity contribution in [2.24, 2.45) is 0 Å². The van der Waals surface area contributed by atoms with Gasteiger partial charge in [0.15, 0.2) is 0 Å². The first-order valence-electron chi connectivity index (χ1n) is 4.22. The van der Waals surface area contributed by atoms with Crippen molar-refractivity contribution in [1.82, 2.24) is 0 Å². The van der Waals surface area contributed by atoms with Crippen LogP contribution in [0.4, 0.5) is 18.9 Å². The quantitative estimate of drug-likeness (QED) is 0.747. The van der Waals surface area contributed by atoms with E-state index in [2.05, 4.69) is 0 Å². The lowest BCUT2D eigenvalue weighted by Crippen LogP contribution is -2.33. The molecule has 0 atom stereocenters. The van der Waals surface area contributed by atoms with Crippen LogP contribution in [-0.2, 0) is 5.41 Å². The highest BCUT2D eigenvalue weighted by atomic mass is 19.1. The number of hydrogen-bond acceptors (Lipinski definition) is 1. The number of anilines is 1. The van der Waals surface area contributed by atoms with E-state index < -0.39 is 25.4 Å². The van der Waals surface area contributed by atoms with Crippen LogP contribution in [-0.4, -0.2) is 20.0 Å². The fraction of sp³-hybridized carbons (Fsp3) is 0.400. The maximum atomic E-state index is 12.6. The Hall–Kier alpha value is -1.19. The number of hydrogen-bond donors (Lipinski definition) is 1. The van der Waals surface area contributed by atoms with Crippen molar-refractivity contribution >= 4 is 5.69 Å². The summed E-state index contributed by atoms with van der Waals surface area (Å²) in [7, 11) is 0. The van der Waals surface area contributed by atoms with Gasteiger partial charge in [0, 0.05) is 5.69 Å². The molecule has 0 radical (unpaired) electrons. The van der Waals surface area contributed by atoms with Crippen molar-refractivity contribution in [3.63, 3.8) is 0 Å². The van der Waals surface area contributed by atoms with Gasteiger partial charge in [-0.15, -0.1) is 0 Å². The van der Waals surface area contributed by atoms with E-state index in [0.29, 0.717) is 11.3 Å². The zero-order valence-electron chi connectivity index (χ0n) is 7.64. The molecule has 0 saturated heterocycles. The highest BCUT2D eigenvalue weighted by Gasteiger charge is 2.32. The van der Waals surface area contributed by atoms with Crippen LogP contribution in [0.15, 0.2) is 24.3 Å². The molecule has 14 heavy (non-hydrogen) atoms. The predicted octanol–water partition coefficient (Wildman–Crippen LogP) is 2.42. The molecule has 1 aromatic carbocycles. The molecule has 0 aliphatic heterocycles. The highest BCUT2D eigenvalue weighted by molar-refractivity contribution is 5.41. The Labute approximate surface area is 80.7 Å². The highest BCUT2D eigenvalue weighted by Crippen LogP contribution is 2.27. The molecule has 0 aromatic heterocycles. The first-order chi connectivity index (χ1) is 6.68. The van der Waals surface area contributed by atoms with Crippen LogP contribution in [0.5, 0.6) is 0 Å². The number of nitrogens with two attached hydrogens (primary N) is 1. The molecule has 4 heteroatoms. The third kappa shape index (κ3) is 1.84. The van der Waals surface area contributed by atoms with Crippen LogP contribution in [0.2, 0.25) is 0 Å². The maximum absolute atomic E-state index is 12.6. The minimum Gasteiger partial charge on any atom is -0.399 e. The summed E-state index contributed by atoms with van der Waals surface area (Å²) in [5.74, 6) is 0. The standard InChI is InChI=1S/C10H12F3N/c11-5-10(6-12,7-13)8-1-3-9(14)4-2-8/h1-4H,5-7,14H2. The van der Waals surface area contributed by atoms with Gasteiger partial charge >= 0.3 is 0 Å². The van der Waals surface area contributed by atoms with E-state index in [0.717, 1.165) is 0 Å². The molecule has 0 aliphatic rings. The summed E-state index contributed by atoms with van der Waals surface area (Å²) in [6.07, 6.45) is 0. The summed E-state index contributed by atoms with van der Waals surface area (Å²) in [6, 6.07) is 5.91. The minimum absolute atomic E-state index is 0.305. The van der Waals surface area contributed by atoms with Gasteiger partial charge < -0.3 is 5.73 Å². The topological polar surface area (TPSA) is 26.0 Å². The average molecular weight is 203 g/mol. The van der Waals surface area contributed by atoms with E-state index >= 15 is 0 Å². The first-order valence-corrected chi connectivity index (χ1v) is 4.22. The Bertz CT molecular complexity index is 272.